The zero-order valence-electron chi connectivity index (χ0n) is 20.1. The molecule has 0 amide bonds. The van der Waals surface area contributed by atoms with Gasteiger partial charge in [-0.05, 0) is 31.9 Å². The molecule has 1 aromatic rings. The summed E-state index contributed by atoms with van der Waals surface area (Å²) in [7, 11) is -5.56. The first-order valence-electron chi connectivity index (χ1n) is 11.7. The zero-order chi connectivity index (χ0) is 22.5. The summed E-state index contributed by atoms with van der Waals surface area (Å²) in [4.78, 5) is 2.60. The van der Waals surface area contributed by atoms with Gasteiger partial charge in [0.2, 0.25) is 0 Å². The highest BCUT2D eigenvalue weighted by Gasteiger charge is 2.44. The molecule has 0 aliphatic carbocycles. The molecule has 4 nitrogen and oxygen atoms in total. The minimum absolute atomic E-state index is 0.298. The van der Waals surface area contributed by atoms with Crippen molar-refractivity contribution in [3.8, 4) is 0 Å². The van der Waals surface area contributed by atoms with Gasteiger partial charge in [0.1, 0.15) is 5.84 Å². The molecular weight excluding hydrogens is 408 g/mol. The topological polar surface area (TPSA) is 49.7 Å². The Bertz CT molecular complexity index is 784. The quantitative estimate of drug-likeness (QED) is 0.266. The molecule has 1 aliphatic heterocycles. The van der Waals surface area contributed by atoms with Gasteiger partial charge >= 0.3 is 0 Å². The van der Waals surface area contributed by atoms with Crippen molar-refractivity contribution in [3.05, 3.63) is 29.8 Å². The standard InChI is InChI=1S/C24H42N2O2SSi/c1-19(2)30(20(3)4,21(5)6)18-24(26-16-10-8-9-11-17-26)25-29(27,28)23-14-12-22(7)13-15-23/h12-15,19-21H,8-11,16-18H2,1-7H3/b25-24+. The van der Waals surface area contributed by atoms with E-state index in [4.69, 9.17) is 0 Å². The average Bonchev–Trinajstić information content (AvgIpc) is 2.94. The monoisotopic (exact) mass is 450 g/mol. The molecule has 0 atom stereocenters. The van der Waals surface area contributed by atoms with Crippen LogP contribution in [0.1, 0.15) is 72.8 Å². The van der Waals surface area contributed by atoms with Crippen molar-refractivity contribution in [2.75, 3.05) is 13.1 Å². The smallest absolute Gasteiger partial charge is 0.283 e. The summed E-state index contributed by atoms with van der Waals surface area (Å²) >= 11 is 0. The largest absolute Gasteiger partial charge is 0.360 e. The van der Waals surface area contributed by atoms with Crippen LogP contribution in [0.3, 0.4) is 0 Å². The summed E-state index contributed by atoms with van der Waals surface area (Å²) in [6.45, 7) is 17.8. The Hall–Kier alpha value is -1.14. The van der Waals surface area contributed by atoms with E-state index in [0.29, 0.717) is 21.5 Å². The van der Waals surface area contributed by atoms with E-state index in [9.17, 15) is 8.42 Å². The molecule has 30 heavy (non-hydrogen) atoms. The highest BCUT2D eigenvalue weighted by Crippen LogP contribution is 2.45. The van der Waals surface area contributed by atoms with Gasteiger partial charge in [-0.15, -0.1) is 4.40 Å². The molecule has 170 valence electrons. The van der Waals surface area contributed by atoms with Gasteiger partial charge in [0.25, 0.3) is 10.0 Å². The van der Waals surface area contributed by atoms with Crippen molar-refractivity contribution in [2.24, 2.45) is 4.40 Å². The molecule has 1 aromatic carbocycles. The Balaban J connectivity index is 2.56. The Morgan fingerprint density at radius 2 is 1.37 bits per heavy atom. The third-order valence-corrected chi connectivity index (χ3v) is 15.9. The minimum atomic E-state index is -3.72. The van der Waals surface area contributed by atoms with E-state index in [1.807, 2.05) is 19.1 Å². The summed E-state index contributed by atoms with van der Waals surface area (Å²) < 4.78 is 31.1. The Kier molecular flexibility index (Phi) is 8.75. The van der Waals surface area contributed by atoms with Crippen molar-refractivity contribution in [1.29, 1.82) is 0 Å². The predicted molar refractivity (Wildman–Crippen MR) is 132 cm³/mol. The number of benzene rings is 1. The fourth-order valence-corrected chi connectivity index (χ4v) is 12.6. The summed E-state index contributed by atoms with van der Waals surface area (Å²) in [6.07, 6.45) is 4.66. The Morgan fingerprint density at radius 3 is 1.80 bits per heavy atom. The second-order valence-corrected chi connectivity index (χ2v) is 17.6. The third kappa shape index (κ3) is 5.76. The van der Waals surface area contributed by atoms with Crippen LogP contribution in [0.15, 0.2) is 33.6 Å². The van der Waals surface area contributed by atoms with Gasteiger partial charge in [-0.3, -0.25) is 0 Å². The molecule has 0 spiro atoms. The maximum atomic E-state index is 13.3. The van der Waals surface area contributed by atoms with E-state index >= 15 is 0 Å². The van der Waals surface area contributed by atoms with E-state index < -0.39 is 18.1 Å². The highest BCUT2D eigenvalue weighted by atomic mass is 32.2. The van der Waals surface area contributed by atoms with Crippen LogP contribution in [-0.4, -0.2) is 40.3 Å². The molecule has 1 heterocycles. The number of hydrogen-bond acceptors (Lipinski definition) is 2. The molecule has 0 N–H and O–H groups in total. The number of hydrogen-bond donors (Lipinski definition) is 0. The number of nitrogens with zero attached hydrogens (tertiary/aromatic N) is 2. The molecule has 0 aromatic heterocycles. The van der Waals surface area contributed by atoms with Crippen LogP contribution >= 0.6 is 0 Å². The highest BCUT2D eigenvalue weighted by molar-refractivity contribution is 7.90. The van der Waals surface area contributed by atoms with Crippen molar-refractivity contribution >= 4 is 23.9 Å². The molecule has 0 unspecified atom stereocenters. The maximum Gasteiger partial charge on any atom is 0.283 e. The van der Waals surface area contributed by atoms with Crippen LogP contribution in [0.4, 0.5) is 0 Å². The van der Waals surface area contributed by atoms with Gasteiger partial charge in [-0.25, -0.2) is 0 Å². The van der Waals surface area contributed by atoms with E-state index in [0.717, 1.165) is 43.4 Å². The lowest BCUT2D eigenvalue weighted by Crippen LogP contribution is -2.49. The number of aryl methyl sites for hydroxylation is 1. The van der Waals surface area contributed by atoms with E-state index in [1.165, 1.54) is 12.8 Å². The summed E-state index contributed by atoms with van der Waals surface area (Å²) in [6, 6.07) is 7.91. The predicted octanol–water partition coefficient (Wildman–Crippen LogP) is 6.64. The number of rotatable bonds is 7. The van der Waals surface area contributed by atoms with Gasteiger partial charge in [0.05, 0.1) is 13.0 Å². The molecule has 1 aliphatic rings. The first-order chi connectivity index (χ1) is 14.0. The van der Waals surface area contributed by atoms with Crippen LogP contribution in [0.25, 0.3) is 0 Å². The van der Waals surface area contributed by atoms with Crippen molar-refractivity contribution in [1.82, 2.24) is 4.90 Å². The van der Waals surface area contributed by atoms with Crippen molar-refractivity contribution < 1.29 is 8.42 Å². The summed E-state index contributed by atoms with van der Waals surface area (Å²) in [5.41, 5.74) is 2.75. The second-order valence-electron chi connectivity index (χ2n) is 9.95. The first kappa shape index (κ1) is 25.1. The van der Waals surface area contributed by atoms with Crippen molar-refractivity contribution in [3.63, 3.8) is 0 Å². The fraction of sp³-hybridized carbons (Fsp3) is 0.708. The molecule has 0 bridgehead atoms. The second kappa shape index (κ2) is 10.4. The summed E-state index contributed by atoms with van der Waals surface area (Å²) in [5.74, 6) is 0.820. The van der Waals surface area contributed by atoms with Crippen LogP contribution in [0, 0.1) is 6.92 Å². The SMILES string of the molecule is Cc1ccc(S(=O)(=O)/N=C(\C[Si](C(C)C)(C(C)C)C(C)C)N2CCCCCC2)cc1. The molecule has 0 saturated carbocycles. The van der Waals surface area contributed by atoms with Crippen LogP contribution in [0.2, 0.25) is 22.7 Å². The number of sulfonamides is 1. The van der Waals surface area contributed by atoms with Crippen LogP contribution in [0.5, 0.6) is 0 Å². The lowest BCUT2D eigenvalue weighted by atomic mass is 10.2. The average molecular weight is 451 g/mol. The lowest BCUT2D eigenvalue weighted by molar-refractivity contribution is 0.432. The van der Waals surface area contributed by atoms with E-state index in [2.05, 4.69) is 50.8 Å². The van der Waals surface area contributed by atoms with Crippen LogP contribution in [-0.2, 0) is 10.0 Å². The summed E-state index contributed by atoms with van der Waals surface area (Å²) in [5, 5.41) is 0. The molecule has 1 fully saturated rings. The normalized spacial score (nSPS) is 17.1. The molecule has 1 saturated heterocycles. The molecule has 2 rings (SSSR count). The fourth-order valence-electron chi connectivity index (χ4n) is 5.32. The Morgan fingerprint density at radius 1 is 0.900 bits per heavy atom. The molecule has 6 heteroatoms. The third-order valence-electron chi connectivity index (χ3n) is 7.20. The minimum Gasteiger partial charge on any atom is -0.360 e. The lowest BCUT2D eigenvalue weighted by Gasteiger charge is -2.44. The number of amidine groups is 1. The van der Waals surface area contributed by atoms with E-state index in [-0.39, 0.29) is 0 Å². The molecule has 0 radical (unpaired) electrons. The Labute approximate surface area is 186 Å². The van der Waals surface area contributed by atoms with E-state index in [1.54, 1.807) is 12.1 Å². The van der Waals surface area contributed by atoms with Gasteiger partial charge in [0.15, 0.2) is 0 Å². The maximum absolute atomic E-state index is 13.3. The first-order valence-corrected chi connectivity index (χ1v) is 15.5. The molecular formula is C24H42N2O2SSi. The van der Waals surface area contributed by atoms with Gasteiger partial charge in [-0.2, -0.15) is 8.42 Å². The van der Waals surface area contributed by atoms with Gasteiger partial charge in [0, 0.05) is 19.1 Å². The number of likely N-dealkylation sites (tertiary alicyclic amines) is 1. The van der Waals surface area contributed by atoms with Gasteiger partial charge in [-0.1, -0.05) is 88.7 Å². The van der Waals surface area contributed by atoms with Crippen molar-refractivity contribution in [2.45, 2.75) is 102 Å². The van der Waals surface area contributed by atoms with Gasteiger partial charge < -0.3 is 4.90 Å². The zero-order valence-corrected chi connectivity index (χ0v) is 21.9. The van der Waals surface area contributed by atoms with Crippen LogP contribution < -0.4 is 0 Å².